The monoisotopic (exact) mass is 195 g/mol. The van der Waals surface area contributed by atoms with Gasteiger partial charge in [0.1, 0.15) is 0 Å². The van der Waals surface area contributed by atoms with E-state index in [2.05, 4.69) is 0 Å². The molecule has 0 aromatic rings. The third kappa shape index (κ3) is 4.51. The van der Waals surface area contributed by atoms with Crippen LogP contribution in [0.15, 0.2) is 0 Å². The molecule has 0 aromatic carbocycles. The molecule has 0 radical (unpaired) electrons. The normalized spacial score (nSPS) is 13.4. The molecule has 0 unspecified atom stereocenters. The first kappa shape index (κ1) is 12.8. The van der Waals surface area contributed by atoms with Crippen LogP contribution in [0.1, 0.15) is 25.7 Å². The third-order valence-electron chi connectivity index (χ3n) is 1.77. The van der Waals surface area contributed by atoms with Gasteiger partial charge < -0.3 is 31.3 Å². The van der Waals surface area contributed by atoms with Crippen molar-refractivity contribution in [3.05, 3.63) is 0 Å². The average Bonchev–Trinajstić information content (AvgIpc) is 1.96. The lowest BCUT2D eigenvalue weighted by atomic mass is 10.1. The molecule has 0 saturated carbocycles. The van der Waals surface area contributed by atoms with E-state index in [-0.39, 0.29) is 6.42 Å². The van der Waals surface area contributed by atoms with Crippen LogP contribution in [0.5, 0.6) is 0 Å². The fourth-order valence-electron chi connectivity index (χ4n) is 0.860. The summed E-state index contributed by atoms with van der Waals surface area (Å²) in [4.78, 5) is 0. The Labute approximate surface area is 76.2 Å². The van der Waals surface area contributed by atoms with Crippen molar-refractivity contribution in [3.8, 4) is 0 Å². The van der Waals surface area contributed by atoms with Gasteiger partial charge in [-0.25, -0.2) is 0 Å². The maximum absolute atomic E-state index is 8.92. The number of hydrogen-bond donors (Lipinski definition) is 6. The van der Waals surface area contributed by atoms with Gasteiger partial charge in [0.2, 0.25) is 5.79 Å². The molecule has 0 saturated heterocycles. The van der Waals surface area contributed by atoms with Gasteiger partial charge in [-0.1, -0.05) is 6.42 Å². The van der Waals surface area contributed by atoms with Crippen LogP contribution >= 0.6 is 0 Å². The van der Waals surface area contributed by atoms with Gasteiger partial charge in [0.05, 0.1) is 0 Å². The number of rotatable bonds is 6. The van der Waals surface area contributed by atoms with Gasteiger partial charge >= 0.3 is 5.97 Å². The first-order valence-electron chi connectivity index (χ1n) is 4.13. The smallest absolute Gasteiger partial charge is 0.332 e. The molecule has 0 aromatic heterocycles. The topological polar surface area (TPSA) is 127 Å². The van der Waals surface area contributed by atoms with E-state index in [9.17, 15) is 0 Å². The lowest BCUT2D eigenvalue weighted by Crippen LogP contribution is -2.54. The number of unbranched alkanes of at least 4 members (excludes halogenated alkanes) is 2. The Bertz CT molecular complexity index is 142. The number of aliphatic hydroxyl groups is 5. The van der Waals surface area contributed by atoms with Gasteiger partial charge in [-0.2, -0.15) is 0 Å². The van der Waals surface area contributed by atoms with E-state index >= 15 is 0 Å². The van der Waals surface area contributed by atoms with Crippen molar-refractivity contribution in [2.45, 2.75) is 37.4 Å². The van der Waals surface area contributed by atoms with E-state index in [0.717, 1.165) is 0 Å². The summed E-state index contributed by atoms with van der Waals surface area (Å²) in [7, 11) is 0. The molecule has 0 aliphatic carbocycles. The highest BCUT2D eigenvalue weighted by Gasteiger charge is 2.45. The summed E-state index contributed by atoms with van der Waals surface area (Å²) >= 11 is 0. The van der Waals surface area contributed by atoms with Crippen molar-refractivity contribution in [1.82, 2.24) is 0 Å². The molecule has 0 rings (SSSR count). The van der Waals surface area contributed by atoms with E-state index in [1.54, 1.807) is 0 Å². The van der Waals surface area contributed by atoms with Crippen LogP contribution in [0.2, 0.25) is 0 Å². The molecule has 0 aliphatic heterocycles. The Kier molecular flexibility index (Phi) is 4.76. The van der Waals surface area contributed by atoms with E-state index in [4.69, 9.17) is 31.3 Å². The van der Waals surface area contributed by atoms with Crippen molar-refractivity contribution in [1.29, 1.82) is 0 Å². The van der Waals surface area contributed by atoms with Gasteiger partial charge in [0, 0.05) is 6.42 Å². The summed E-state index contributed by atoms with van der Waals surface area (Å²) in [5, 5.41) is 43.3. The van der Waals surface area contributed by atoms with E-state index in [1.807, 2.05) is 0 Å². The Balaban J connectivity index is 3.77. The minimum atomic E-state index is -3.48. The fourth-order valence-corrected chi connectivity index (χ4v) is 0.860. The molecule has 0 bridgehead atoms. The lowest BCUT2D eigenvalue weighted by molar-refractivity contribution is -0.447. The maximum atomic E-state index is 8.92. The van der Waals surface area contributed by atoms with E-state index < -0.39 is 11.8 Å². The van der Waals surface area contributed by atoms with E-state index in [0.29, 0.717) is 25.8 Å². The third-order valence-corrected chi connectivity index (χ3v) is 1.77. The van der Waals surface area contributed by atoms with Gasteiger partial charge in [0.25, 0.3) is 0 Å². The highest BCUT2D eigenvalue weighted by Crippen LogP contribution is 2.20. The predicted molar refractivity (Wildman–Crippen MR) is 44.1 cm³/mol. The SMILES string of the molecule is NCCCCCC(O)(O)C(O)(O)O. The second-order valence-electron chi connectivity index (χ2n) is 3.05. The largest absolute Gasteiger partial charge is 0.359 e. The molecule has 0 fully saturated rings. The molecule has 80 valence electrons. The lowest BCUT2D eigenvalue weighted by Gasteiger charge is -2.29. The predicted octanol–water partition coefficient (Wildman–Crippen LogP) is -2.18. The highest BCUT2D eigenvalue weighted by molar-refractivity contribution is 4.72. The van der Waals surface area contributed by atoms with Gasteiger partial charge in [-0.15, -0.1) is 0 Å². The van der Waals surface area contributed by atoms with Crippen LogP contribution in [0.3, 0.4) is 0 Å². The summed E-state index contributed by atoms with van der Waals surface area (Å²) in [5.74, 6) is -6.36. The molecule has 0 aliphatic rings. The van der Waals surface area contributed by atoms with Crippen molar-refractivity contribution in [2.75, 3.05) is 6.54 Å². The summed E-state index contributed by atoms with van der Waals surface area (Å²) in [6.07, 6.45) is 1.37. The first-order valence-corrected chi connectivity index (χ1v) is 4.13. The van der Waals surface area contributed by atoms with Crippen LogP contribution < -0.4 is 5.73 Å². The minimum Gasteiger partial charge on any atom is -0.359 e. The summed E-state index contributed by atoms with van der Waals surface area (Å²) in [5.41, 5.74) is 5.19. The summed E-state index contributed by atoms with van der Waals surface area (Å²) in [6, 6.07) is 0. The first-order chi connectivity index (χ1) is 5.81. The molecule has 13 heavy (non-hydrogen) atoms. The molecular weight excluding hydrogens is 178 g/mol. The zero-order chi connectivity index (χ0) is 10.5. The van der Waals surface area contributed by atoms with Crippen LogP contribution in [0, 0.1) is 0 Å². The van der Waals surface area contributed by atoms with Crippen molar-refractivity contribution < 1.29 is 25.5 Å². The molecular formula is C7H17NO5. The van der Waals surface area contributed by atoms with Gasteiger partial charge in [-0.3, -0.25) is 0 Å². The second kappa shape index (κ2) is 4.85. The summed E-state index contributed by atoms with van der Waals surface area (Å²) < 4.78 is 0. The van der Waals surface area contributed by atoms with Crippen LogP contribution in [0.25, 0.3) is 0 Å². The molecule has 0 amide bonds. The Morgan fingerprint density at radius 2 is 1.38 bits per heavy atom. The molecule has 7 N–H and O–H groups in total. The van der Waals surface area contributed by atoms with Gasteiger partial charge in [-0.05, 0) is 19.4 Å². The minimum absolute atomic E-state index is 0.323. The Hall–Kier alpha value is -0.240. The van der Waals surface area contributed by atoms with Crippen LogP contribution in [-0.2, 0) is 0 Å². The zero-order valence-corrected chi connectivity index (χ0v) is 7.35. The maximum Gasteiger partial charge on any atom is 0.332 e. The Morgan fingerprint density at radius 1 is 0.846 bits per heavy atom. The average molecular weight is 195 g/mol. The van der Waals surface area contributed by atoms with Crippen LogP contribution in [-0.4, -0.2) is 43.8 Å². The van der Waals surface area contributed by atoms with Gasteiger partial charge in [0.15, 0.2) is 0 Å². The molecule has 0 atom stereocenters. The fraction of sp³-hybridized carbons (Fsp3) is 1.00. The second-order valence-corrected chi connectivity index (χ2v) is 3.05. The Morgan fingerprint density at radius 3 is 1.77 bits per heavy atom. The molecule has 0 spiro atoms. The number of nitrogens with two attached hydrogens (primary N) is 1. The standard InChI is InChI=1S/C7H17NO5/c8-5-3-1-2-4-6(9,10)7(11,12)13/h9-13H,1-5,8H2. The summed E-state index contributed by atoms with van der Waals surface area (Å²) in [6.45, 7) is 0.492. The van der Waals surface area contributed by atoms with Crippen LogP contribution in [0.4, 0.5) is 0 Å². The van der Waals surface area contributed by atoms with Crippen molar-refractivity contribution in [3.63, 3.8) is 0 Å². The molecule has 0 heterocycles. The molecule has 6 nitrogen and oxygen atoms in total. The number of hydrogen-bond acceptors (Lipinski definition) is 6. The quantitative estimate of drug-likeness (QED) is 0.211. The highest BCUT2D eigenvalue weighted by atomic mass is 16.7. The van der Waals surface area contributed by atoms with E-state index in [1.165, 1.54) is 0 Å². The molecule has 6 heteroatoms. The zero-order valence-electron chi connectivity index (χ0n) is 7.35. The van der Waals surface area contributed by atoms with Crippen molar-refractivity contribution in [2.24, 2.45) is 5.73 Å². The van der Waals surface area contributed by atoms with Crippen molar-refractivity contribution >= 4 is 0 Å².